The molecule has 9 heavy (non-hydrogen) atoms. The Kier molecular flexibility index (Phi) is 2.49. The van der Waals surface area contributed by atoms with Gasteiger partial charge in [-0.15, -0.1) is 0 Å². The second kappa shape index (κ2) is 3.18. The summed E-state index contributed by atoms with van der Waals surface area (Å²) < 4.78 is 0. The third-order valence-corrected chi connectivity index (χ3v) is 1.90. The summed E-state index contributed by atoms with van der Waals surface area (Å²) in [5, 5.41) is 12.0. The highest BCUT2D eigenvalue weighted by atomic mass is 16.3. The Morgan fingerprint density at radius 1 is 1.67 bits per heavy atom. The topological polar surface area (TPSA) is 32.3 Å². The van der Waals surface area contributed by atoms with Crippen LogP contribution in [0.3, 0.4) is 0 Å². The zero-order chi connectivity index (χ0) is 6.69. The molecule has 0 aromatic rings. The highest BCUT2D eigenvalue weighted by Gasteiger charge is 2.17. The van der Waals surface area contributed by atoms with Crippen LogP contribution in [0.5, 0.6) is 0 Å². The molecule has 0 heterocycles. The molecule has 2 nitrogen and oxygen atoms in total. The minimum atomic E-state index is 0.260. The van der Waals surface area contributed by atoms with Crippen LogP contribution in [0.1, 0.15) is 26.2 Å². The number of hydrogen-bond acceptors (Lipinski definition) is 2. The number of nitrogens with one attached hydrogen (secondary N) is 1. The molecule has 1 aliphatic carbocycles. The van der Waals surface area contributed by atoms with Crippen LogP contribution in [0.4, 0.5) is 0 Å². The Balaban J connectivity index is 2.01. The highest BCUT2D eigenvalue weighted by molar-refractivity contribution is 4.78. The van der Waals surface area contributed by atoms with E-state index in [1.165, 1.54) is 19.3 Å². The average molecular weight is 129 g/mol. The van der Waals surface area contributed by atoms with E-state index in [2.05, 4.69) is 5.32 Å². The van der Waals surface area contributed by atoms with Crippen LogP contribution in [0.15, 0.2) is 0 Å². The third-order valence-electron chi connectivity index (χ3n) is 1.90. The zero-order valence-electron chi connectivity index (χ0n) is 5.93. The molecular weight excluding hydrogens is 114 g/mol. The molecule has 0 saturated heterocycles. The van der Waals surface area contributed by atoms with Crippen molar-refractivity contribution in [3.8, 4) is 0 Å². The molecule has 1 aliphatic rings. The minimum Gasteiger partial charge on any atom is -0.395 e. The molecule has 2 heteroatoms. The largest absolute Gasteiger partial charge is 0.395 e. The van der Waals surface area contributed by atoms with Gasteiger partial charge in [0.1, 0.15) is 0 Å². The standard InChI is InChI=1S/C7H15NO/c1-6(5-9)8-7-3-2-4-7/h6-9H,2-5H2,1H3/t6-/m0/s1. The van der Waals surface area contributed by atoms with Gasteiger partial charge in [0.05, 0.1) is 6.61 Å². The molecule has 0 aliphatic heterocycles. The first-order valence-electron chi connectivity index (χ1n) is 3.70. The maximum atomic E-state index is 8.64. The van der Waals surface area contributed by atoms with Crippen LogP contribution >= 0.6 is 0 Å². The molecular formula is C7H15NO. The van der Waals surface area contributed by atoms with Gasteiger partial charge in [0, 0.05) is 12.1 Å². The number of rotatable bonds is 3. The maximum Gasteiger partial charge on any atom is 0.0582 e. The van der Waals surface area contributed by atoms with Crippen molar-refractivity contribution >= 4 is 0 Å². The lowest BCUT2D eigenvalue weighted by Gasteiger charge is -2.29. The molecule has 0 unspecified atom stereocenters. The van der Waals surface area contributed by atoms with E-state index in [-0.39, 0.29) is 12.6 Å². The Morgan fingerprint density at radius 3 is 2.67 bits per heavy atom. The minimum absolute atomic E-state index is 0.260. The van der Waals surface area contributed by atoms with E-state index in [1.807, 2.05) is 6.92 Å². The second-order valence-corrected chi connectivity index (χ2v) is 2.88. The first kappa shape index (κ1) is 7.03. The highest BCUT2D eigenvalue weighted by Crippen LogP contribution is 2.18. The Bertz CT molecular complexity index is 78.2. The molecule has 0 amide bonds. The van der Waals surface area contributed by atoms with Gasteiger partial charge in [-0.3, -0.25) is 0 Å². The molecule has 1 saturated carbocycles. The summed E-state index contributed by atoms with van der Waals surface area (Å²) in [5.41, 5.74) is 0. The SMILES string of the molecule is C[C@@H](CO)NC1CCC1. The van der Waals surface area contributed by atoms with Crippen LogP contribution in [0, 0.1) is 0 Å². The molecule has 0 bridgehead atoms. The van der Waals surface area contributed by atoms with Crippen molar-refractivity contribution in [3.63, 3.8) is 0 Å². The first-order chi connectivity index (χ1) is 4.33. The molecule has 54 valence electrons. The van der Waals surface area contributed by atoms with Crippen molar-refractivity contribution < 1.29 is 5.11 Å². The predicted octanol–water partition coefficient (Wildman–Crippen LogP) is 0.509. The fourth-order valence-electron chi connectivity index (χ4n) is 1.03. The van der Waals surface area contributed by atoms with Crippen LogP contribution in [-0.4, -0.2) is 23.8 Å². The predicted molar refractivity (Wildman–Crippen MR) is 37.3 cm³/mol. The van der Waals surface area contributed by atoms with E-state index in [0.717, 1.165) is 0 Å². The summed E-state index contributed by atoms with van der Waals surface area (Å²) in [6.45, 7) is 2.27. The van der Waals surface area contributed by atoms with Crippen LogP contribution < -0.4 is 5.32 Å². The summed E-state index contributed by atoms with van der Waals surface area (Å²) >= 11 is 0. The Morgan fingerprint density at radius 2 is 2.33 bits per heavy atom. The summed E-state index contributed by atoms with van der Waals surface area (Å²) in [4.78, 5) is 0. The van der Waals surface area contributed by atoms with Crippen molar-refractivity contribution in [2.24, 2.45) is 0 Å². The molecule has 2 N–H and O–H groups in total. The van der Waals surface area contributed by atoms with Gasteiger partial charge in [0.25, 0.3) is 0 Å². The number of aliphatic hydroxyl groups is 1. The van der Waals surface area contributed by atoms with Crippen molar-refractivity contribution in [2.45, 2.75) is 38.3 Å². The molecule has 1 atom stereocenters. The normalized spacial score (nSPS) is 23.3. The third kappa shape index (κ3) is 1.95. The van der Waals surface area contributed by atoms with Crippen molar-refractivity contribution in [1.29, 1.82) is 0 Å². The van der Waals surface area contributed by atoms with Gasteiger partial charge in [-0.05, 0) is 19.8 Å². The summed E-state index contributed by atoms with van der Waals surface area (Å²) in [5.74, 6) is 0. The molecule has 0 radical (unpaired) electrons. The molecule has 0 aromatic heterocycles. The first-order valence-corrected chi connectivity index (χ1v) is 3.70. The van der Waals surface area contributed by atoms with Gasteiger partial charge in [-0.1, -0.05) is 6.42 Å². The van der Waals surface area contributed by atoms with Gasteiger partial charge in [-0.2, -0.15) is 0 Å². The summed E-state index contributed by atoms with van der Waals surface area (Å²) in [7, 11) is 0. The van der Waals surface area contributed by atoms with E-state index in [4.69, 9.17) is 5.11 Å². The molecule has 1 fully saturated rings. The fraction of sp³-hybridized carbons (Fsp3) is 1.00. The second-order valence-electron chi connectivity index (χ2n) is 2.88. The molecule has 0 aromatic carbocycles. The van der Waals surface area contributed by atoms with Crippen LogP contribution in [0.25, 0.3) is 0 Å². The van der Waals surface area contributed by atoms with E-state index >= 15 is 0 Å². The van der Waals surface area contributed by atoms with E-state index in [0.29, 0.717) is 6.04 Å². The van der Waals surface area contributed by atoms with Crippen molar-refractivity contribution in [3.05, 3.63) is 0 Å². The summed E-state index contributed by atoms with van der Waals surface area (Å²) in [6, 6.07) is 0.988. The lowest BCUT2D eigenvalue weighted by atomic mass is 9.92. The zero-order valence-corrected chi connectivity index (χ0v) is 5.93. The summed E-state index contributed by atoms with van der Waals surface area (Å²) in [6.07, 6.45) is 3.95. The van der Waals surface area contributed by atoms with Crippen molar-refractivity contribution in [1.82, 2.24) is 5.32 Å². The Labute approximate surface area is 56.3 Å². The Hall–Kier alpha value is -0.0800. The van der Waals surface area contributed by atoms with Gasteiger partial charge in [-0.25, -0.2) is 0 Å². The van der Waals surface area contributed by atoms with Crippen LogP contribution in [-0.2, 0) is 0 Å². The van der Waals surface area contributed by atoms with Gasteiger partial charge in [0.15, 0.2) is 0 Å². The maximum absolute atomic E-state index is 8.64. The van der Waals surface area contributed by atoms with E-state index < -0.39 is 0 Å². The smallest absolute Gasteiger partial charge is 0.0582 e. The lowest BCUT2D eigenvalue weighted by molar-refractivity contribution is 0.217. The van der Waals surface area contributed by atoms with E-state index in [9.17, 15) is 0 Å². The number of hydrogen-bond donors (Lipinski definition) is 2. The monoisotopic (exact) mass is 129 g/mol. The van der Waals surface area contributed by atoms with Gasteiger partial charge < -0.3 is 10.4 Å². The molecule has 0 spiro atoms. The van der Waals surface area contributed by atoms with Crippen LogP contribution in [0.2, 0.25) is 0 Å². The van der Waals surface area contributed by atoms with Crippen molar-refractivity contribution in [2.75, 3.05) is 6.61 Å². The number of aliphatic hydroxyl groups excluding tert-OH is 1. The fourth-order valence-corrected chi connectivity index (χ4v) is 1.03. The lowest BCUT2D eigenvalue weighted by Crippen LogP contribution is -2.42. The molecule has 1 rings (SSSR count). The van der Waals surface area contributed by atoms with Gasteiger partial charge >= 0.3 is 0 Å². The van der Waals surface area contributed by atoms with E-state index in [1.54, 1.807) is 0 Å². The quantitative estimate of drug-likeness (QED) is 0.582. The average Bonchev–Trinajstić information content (AvgIpc) is 1.78. The van der Waals surface area contributed by atoms with Gasteiger partial charge in [0.2, 0.25) is 0 Å².